The number of hydrogen-bond donors (Lipinski definition) is 2. The molecule has 0 saturated carbocycles. The Balaban J connectivity index is 0.00000280. The Labute approximate surface area is 182 Å². The third-order valence-electron chi connectivity index (χ3n) is 3.98. The maximum Gasteiger partial charge on any atom is 0.226 e. The van der Waals surface area contributed by atoms with E-state index in [1.165, 1.54) is 0 Å². The van der Waals surface area contributed by atoms with Crippen LogP contribution in [-0.2, 0) is 6.54 Å². The predicted molar refractivity (Wildman–Crippen MR) is 122 cm³/mol. The van der Waals surface area contributed by atoms with Gasteiger partial charge in [0.15, 0.2) is 5.96 Å². The highest BCUT2D eigenvalue weighted by molar-refractivity contribution is 14.0. The highest BCUT2D eigenvalue weighted by atomic mass is 127. The monoisotopic (exact) mass is 492 g/mol. The lowest BCUT2D eigenvalue weighted by Gasteiger charge is -2.12. The first-order valence-corrected chi connectivity index (χ1v) is 8.89. The first-order valence-electron chi connectivity index (χ1n) is 8.89. The molecule has 0 aliphatic carbocycles. The van der Waals surface area contributed by atoms with Gasteiger partial charge in [-0.25, -0.2) is 4.98 Å². The predicted octanol–water partition coefficient (Wildman–Crippen LogP) is 4.01. The lowest BCUT2D eigenvalue weighted by molar-refractivity contribution is 0.320. The van der Waals surface area contributed by atoms with Crippen molar-refractivity contribution in [3.63, 3.8) is 0 Å². The first kappa shape index (κ1) is 21.7. The molecule has 1 heterocycles. The second kappa shape index (κ2) is 11.3. The standard InChI is InChI=1S/C21H24N4O2.HI/c1-16-8-6-7-11-19(16)26-13-12-23-21(22-2)24-14-18-15-27-20(25-18)17-9-4-3-5-10-17;/h3-11,15H,12-14H2,1-2H3,(H2,22,23,24);1H. The zero-order valence-electron chi connectivity index (χ0n) is 16.0. The summed E-state index contributed by atoms with van der Waals surface area (Å²) in [6.07, 6.45) is 1.66. The molecule has 2 aromatic carbocycles. The van der Waals surface area contributed by atoms with Crippen molar-refractivity contribution in [1.29, 1.82) is 0 Å². The maximum absolute atomic E-state index is 5.77. The van der Waals surface area contributed by atoms with Gasteiger partial charge in [-0.15, -0.1) is 24.0 Å². The van der Waals surface area contributed by atoms with Gasteiger partial charge in [-0.2, -0.15) is 0 Å². The average molecular weight is 492 g/mol. The number of oxazole rings is 1. The minimum atomic E-state index is 0. The van der Waals surface area contributed by atoms with E-state index in [2.05, 4.69) is 20.6 Å². The average Bonchev–Trinajstić information content (AvgIpc) is 3.18. The molecular weight excluding hydrogens is 467 g/mol. The Morgan fingerprint density at radius 3 is 2.57 bits per heavy atom. The second-order valence-corrected chi connectivity index (χ2v) is 5.98. The second-order valence-electron chi connectivity index (χ2n) is 5.98. The number of halogens is 1. The number of benzene rings is 2. The molecular formula is C21H25IN4O2. The van der Waals surface area contributed by atoms with E-state index in [9.17, 15) is 0 Å². The van der Waals surface area contributed by atoms with Crippen molar-refractivity contribution in [1.82, 2.24) is 15.6 Å². The van der Waals surface area contributed by atoms with Crippen molar-refractivity contribution in [2.75, 3.05) is 20.2 Å². The summed E-state index contributed by atoms with van der Waals surface area (Å²) in [6.45, 7) is 3.75. The van der Waals surface area contributed by atoms with Crippen LogP contribution in [0.3, 0.4) is 0 Å². The Hall–Kier alpha value is -2.55. The lowest BCUT2D eigenvalue weighted by Crippen LogP contribution is -2.38. The maximum atomic E-state index is 5.77. The molecule has 0 saturated heterocycles. The van der Waals surface area contributed by atoms with Crippen LogP contribution in [0, 0.1) is 6.92 Å². The van der Waals surface area contributed by atoms with Crippen LogP contribution in [0.4, 0.5) is 0 Å². The Kier molecular flexibility index (Phi) is 8.80. The fourth-order valence-corrected chi connectivity index (χ4v) is 2.55. The van der Waals surface area contributed by atoms with E-state index >= 15 is 0 Å². The number of aromatic nitrogens is 1. The Morgan fingerprint density at radius 2 is 1.82 bits per heavy atom. The Morgan fingerprint density at radius 1 is 1.07 bits per heavy atom. The number of nitrogens with one attached hydrogen (secondary N) is 2. The van der Waals surface area contributed by atoms with Gasteiger partial charge < -0.3 is 19.8 Å². The molecule has 3 rings (SSSR count). The smallest absolute Gasteiger partial charge is 0.226 e. The van der Waals surface area contributed by atoms with Crippen LogP contribution in [0.5, 0.6) is 5.75 Å². The largest absolute Gasteiger partial charge is 0.491 e. The van der Waals surface area contributed by atoms with Gasteiger partial charge in [-0.05, 0) is 30.7 Å². The molecule has 0 radical (unpaired) electrons. The number of hydrogen-bond acceptors (Lipinski definition) is 4. The van der Waals surface area contributed by atoms with Crippen molar-refractivity contribution in [2.24, 2.45) is 4.99 Å². The minimum absolute atomic E-state index is 0. The van der Waals surface area contributed by atoms with Crippen LogP contribution >= 0.6 is 24.0 Å². The topological polar surface area (TPSA) is 71.7 Å². The van der Waals surface area contributed by atoms with Gasteiger partial charge in [0.25, 0.3) is 0 Å². The highest BCUT2D eigenvalue weighted by Crippen LogP contribution is 2.18. The molecule has 1 aromatic heterocycles. The lowest BCUT2D eigenvalue weighted by atomic mass is 10.2. The van der Waals surface area contributed by atoms with Gasteiger partial charge in [0.1, 0.15) is 18.6 Å². The molecule has 0 amide bonds. The van der Waals surface area contributed by atoms with Crippen LogP contribution in [-0.4, -0.2) is 31.1 Å². The van der Waals surface area contributed by atoms with E-state index in [1.54, 1.807) is 13.3 Å². The molecule has 6 nitrogen and oxygen atoms in total. The number of rotatable bonds is 7. The summed E-state index contributed by atoms with van der Waals surface area (Å²) in [7, 11) is 1.73. The number of aryl methyl sites for hydroxylation is 1. The normalized spacial score (nSPS) is 10.9. The fraction of sp³-hybridized carbons (Fsp3) is 0.238. The summed E-state index contributed by atoms with van der Waals surface area (Å²) in [4.78, 5) is 8.71. The van der Waals surface area contributed by atoms with E-state index in [0.29, 0.717) is 31.5 Å². The Bertz CT molecular complexity index is 881. The minimum Gasteiger partial charge on any atom is -0.491 e. The SMILES string of the molecule is CN=C(NCCOc1ccccc1C)NCc1coc(-c2ccccc2)n1.I. The molecule has 0 atom stereocenters. The number of ether oxygens (including phenoxy) is 1. The molecule has 0 aliphatic rings. The summed E-state index contributed by atoms with van der Waals surface area (Å²) >= 11 is 0. The molecule has 148 valence electrons. The highest BCUT2D eigenvalue weighted by Gasteiger charge is 2.07. The summed E-state index contributed by atoms with van der Waals surface area (Å²) in [5.41, 5.74) is 2.90. The van der Waals surface area contributed by atoms with Crippen LogP contribution in [0.25, 0.3) is 11.5 Å². The number of nitrogens with zero attached hydrogens (tertiary/aromatic N) is 2. The van der Waals surface area contributed by atoms with Gasteiger partial charge in [0, 0.05) is 12.6 Å². The molecule has 0 unspecified atom stereocenters. The molecule has 0 aliphatic heterocycles. The van der Waals surface area contributed by atoms with Gasteiger partial charge in [-0.3, -0.25) is 4.99 Å². The quantitative estimate of drug-likeness (QED) is 0.226. The molecule has 3 aromatic rings. The molecule has 0 fully saturated rings. The third-order valence-corrected chi connectivity index (χ3v) is 3.98. The van der Waals surface area contributed by atoms with E-state index in [4.69, 9.17) is 9.15 Å². The fourth-order valence-electron chi connectivity index (χ4n) is 2.55. The van der Waals surface area contributed by atoms with Crippen LogP contribution in [0.1, 0.15) is 11.3 Å². The zero-order chi connectivity index (χ0) is 18.9. The molecule has 0 bridgehead atoms. The molecule has 0 spiro atoms. The van der Waals surface area contributed by atoms with Crippen molar-refractivity contribution < 1.29 is 9.15 Å². The number of para-hydroxylation sites is 1. The van der Waals surface area contributed by atoms with Gasteiger partial charge in [-0.1, -0.05) is 36.4 Å². The van der Waals surface area contributed by atoms with Gasteiger partial charge in [0.2, 0.25) is 5.89 Å². The first-order chi connectivity index (χ1) is 13.3. The summed E-state index contributed by atoms with van der Waals surface area (Å²) in [6, 6.07) is 17.8. The van der Waals surface area contributed by atoms with Crippen molar-refractivity contribution >= 4 is 29.9 Å². The summed E-state index contributed by atoms with van der Waals surface area (Å²) < 4.78 is 11.3. The van der Waals surface area contributed by atoms with Gasteiger partial charge in [0.05, 0.1) is 18.8 Å². The van der Waals surface area contributed by atoms with Gasteiger partial charge >= 0.3 is 0 Å². The molecule has 2 N–H and O–H groups in total. The van der Waals surface area contributed by atoms with Crippen LogP contribution in [0.15, 0.2) is 70.3 Å². The summed E-state index contributed by atoms with van der Waals surface area (Å²) in [5, 5.41) is 6.44. The summed E-state index contributed by atoms with van der Waals surface area (Å²) in [5.74, 6) is 2.20. The molecule has 28 heavy (non-hydrogen) atoms. The van der Waals surface area contributed by atoms with Crippen LogP contribution in [0.2, 0.25) is 0 Å². The van der Waals surface area contributed by atoms with Crippen molar-refractivity contribution in [3.8, 4) is 17.2 Å². The van der Waals surface area contributed by atoms with E-state index < -0.39 is 0 Å². The number of guanidine groups is 1. The van der Waals surface area contributed by atoms with E-state index in [0.717, 1.165) is 22.6 Å². The van der Waals surface area contributed by atoms with E-state index in [-0.39, 0.29) is 24.0 Å². The zero-order valence-corrected chi connectivity index (χ0v) is 18.3. The van der Waals surface area contributed by atoms with Crippen molar-refractivity contribution in [2.45, 2.75) is 13.5 Å². The molecule has 7 heteroatoms. The van der Waals surface area contributed by atoms with E-state index in [1.807, 2.05) is 61.5 Å². The number of aliphatic imine (C=N–C) groups is 1. The van der Waals surface area contributed by atoms with Crippen molar-refractivity contribution in [3.05, 3.63) is 72.1 Å². The third kappa shape index (κ3) is 6.26. The van der Waals surface area contributed by atoms with Crippen LogP contribution < -0.4 is 15.4 Å².